The van der Waals surface area contributed by atoms with Crippen LogP contribution in [0.5, 0.6) is 11.5 Å². The monoisotopic (exact) mass is 278 g/mol. The molecule has 0 heterocycles. The van der Waals surface area contributed by atoms with Crippen LogP contribution < -0.4 is 15.4 Å². The Morgan fingerprint density at radius 2 is 2.10 bits per heavy atom. The SMILES string of the molecule is COc1cc(C(C)NC(C)C(=O)NC2CC2)ccc1O. The molecule has 2 rings (SSSR count). The van der Waals surface area contributed by atoms with Gasteiger partial charge in [-0.3, -0.25) is 10.1 Å². The van der Waals surface area contributed by atoms with Gasteiger partial charge in [0.05, 0.1) is 13.2 Å². The first kappa shape index (κ1) is 14.7. The normalized spacial score (nSPS) is 17.4. The average molecular weight is 278 g/mol. The van der Waals surface area contributed by atoms with Gasteiger partial charge in [0, 0.05) is 12.1 Å². The van der Waals surface area contributed by atoms with Crippen LogP contribution in [0.4, 0.5) is 0 Å². The number of hydrogen-bond acceptors (Lipinski definition) is 4. The molecule has 0 saturated heterocycles. The third-order valence-corrected chi connectivity index (χ3v) is 3.52. The first-order valence-corrected chi connectivity index (χ1v) is 6.94. The summed E-state index contributed by atoms with van der Waals surface area (Å²) in [5.74, 6) is 0.583. The first-order valence-electron chi connectivity index (χ1n) is 6.94. The number of aromatic hydroxyl groups is 1. The van der Waals surface area contributed by atoms with Crippen LogP contribution in [0.2, 0.25) is 0 Å². The highest BCUT2D eigenvalue weighted by atomic mass is 16.5. The van der Waals surface area contributed by atoms with Crippen molar-refractivity contribution in [3.8, 4) is 11.5 Å². The molecule has 20 heavy (non-hydrogen) atoms. The highest BCUT2D eigenvalue weighted by Crippen LogP contribution is 2.29. The lowest BCUT2D eigenvalue weighted by Gasteiger charge is -2.20. The molecule has 110 valence electrons. The van der Waals surface area contributed by atoms with E-state index in [0.717, 1.165) is 18.4 Å². The molecule has 0 aliphatic heterocycles. The Labute approximate surface area is 119 Å². The highest BCUT2D eigenvalue weighted by molar-refractivity contribution is 5.81. The zero-order valence-electron chi connectivity index (χ0n) is 12.1. The lowest BCUT2D eigenvalue weighted by atomic mass is 10.1. The molecule has 0 radical (unpaired) electrons. The molecule has 0 spiro atoms. The molecule has 1 aliphatic rings. The van der Waals surface area contributed by atoms with Gasteiger partial charge in [-0.05, 0) is 44.4 Å². The summed E-state index contributed by atoms with van der Waals surface area (Å²) in [6.45, 7) is 3.83. The maximum atomic E-state index is 11.9. The topological polar surface area (TPSA) is 70.6 Å². The van der Waals surface area contributed by atoms with Crippen LogP contribution in [0.1, 0.15) is 38.3 Å². The molecule has 5 heteroatoms. The quantitative estimate of drug-likeness (QED) is 0.741. The molecule has 2 atom stereocenters. The smallest absolute Gasteiger partial charge is 0.237 e. The van der Waals surface area contributed by atoms with Crippen molar-refractivity contribution in [2.75, 3.05) is 7.11 Å². The lowest BCUT2D eigenvalue weighted by molar-refractivity contribution is -0.123. The first-order chi connectivity index (χ1) is 9.51. The second-order valence-corrected chi connectivity index (χ2v) is 5.32. The van der Waals surface area contributed by atoms with E-state index in [1.807, 2.05) is 19.9 Å². The molecule has 5 nitrogen and oxygen atoms in total. The number of carbonyl (C=O) groups excluding carboxylic acids is 1. The van der Waals surface area contributed by atoms with Crippen LogP contribution in [0, 0.1) is 0 Å². The minimum atomic E-state index is -0.259. The molecule has 0 bridgehead atoms. The third-order valence-electron chi connectivity index (χ3n) is 3.52. The molecule has 1 amide bonds. The van der Waals surface area contributed by atoms with E-state index in [2.05, 4.69) is 10.6 Å². The second-order valence-electron chi connectivity index (χ2n) is 5.32. The molecule has 1 aromatic rings. The lowest BCUT2D eigenvalue weighted by Crippen LogP contribution is -2.43. The predicted octanol–water partition coefficient (Wildman–Crippen LogP) is 1.72. The van der Waals surface area contributed by atoms with Gasteiger partial charge >= 0.3 is 0 Å². The summed E-state index contributed by atoms with van der Waals surface area (Å²) in [4.78, 5) is 11.9. The number of amides is 1. The van der Waals surface area contributed by atoms with Crippen molar-refractivity contribution in [2.24, 2.45) is 0 Å². The number of methoxy groups -OCH3 is 1. The number of carbonyl (C=O) groups is 1. The van der Waals surface area contributed by atoms with Gasteiger partial charge in [0.1, 0.15) is 0 Å². The molecular weight excluding hydrogens is 256 g/mol. The van der Waals surface area contributed by atoms with E-state index in [-0.39, 0.29) is 23.7 Å². The number of rotatable bonds is 6. The maximum absolute atomic E-state index is 11.9. The number of phenolic OH excluding ortho intramolecular Hbond substituents is 1. The Morgan fingerprint density at radius 1 is 1.40 bits per heavy atom. The third kappa shape index (κ3) is 3.63. The minimum absolute atomic E-state index is 0.00977. The molecule has 1 aliphatic carbocycles. The Bertz CT molecular complexity index is 486. The number of ether oxygens (including phenoxy) is 1. The van der Waals surface area contributed by atoms with E-state index in [1.165, 1.54) is 7.11 Å². The molecule has 1 aromatic carbocycles. The molecule has 2 unspecified atom stereocenters. The van der Waals surface area contributed by atoms with Crippen molar-refractivity contribution < 1.29 is 14.6 Å². The van der Waals surface area contributed by atoms with Crippen molar-refractivity contribution in [1.82, 2.24) is 10.6 Å². The Kier molecular flexibility index (Phi) is 4.49. The molecule has 1 saturated carbocycles. The van der Waals surface area contributed by atoms with Gasteiger partial charge in [0.25, 0.3) is 0 Å². The van der Waals surface area contributed by atoms with Gasteiger partial charge < -0.3 is 15.2 Å². The van der Waals surface area contributed by atoms with Crippen molar-refractivity contribution >= 4 is 5.91 Å². The van der Waals surface area contributed by atoms with Crippen molar-refractivity contribution in [3.63, 3.8) is 0 Å². The van der Waals surface area contributed by atoms with E-state index in [0.29, 0.717) is 11.8 Å². The summed E-state index contributed by atoms with van der Waals surface area (Å²) in [5, 5.41) is 15.8. The van der Waals surface area contributed by atoms with Crippen LogP contribution in [-0.4, -0.2) is 30.2 Å². The summed E-state index contributed by atoms with van der Waals surface area (Å²) in [6, 6.07) is 5.30. The standard InChI is InChI=1S/C15H22N2O3/c1-9(11-4-7-13(18)14(8-11)20-3)16-10(2)15(19)17-12-5-6-12/h4,7-10,12,16,18H,5-6H2,1-3H3,(H,17,19). The van der Waals surface area contributed by atoms with E-state index >= 15 is 0 Å². The van der Waals surface area contributed by atoms with Gasteiger partial charge in [-0.1, -0.05) is 6.07 Å². The number of nitrogens with one attached hydrogen (secondary N) is 2. The summed E-state index contributed by atoms with van der Waals surface area (Å²) in [5.41, 5.74) is 0.964. The van der Waals surface area contributed by atoms with Gasteiger partial charge in [-0.15, -0.1) is 0 Å². The number of benzene rings is 1. The van der Waals surface area contributed by atoms with E-state index in [9.17, 15) is 9.90 Å². The van der Waals surface area contributed by atoms with Crippen molar-refractivity contribution in [3.05, 3.63) is 23.8 Å². The summed E-state index contributed by atoms with van der Waals surface area (Å²) >= 11 is 0. The fourth-order valence-corrected chi connectivity index (χ4v) is 2.06. The largest absolute Gasteiger partial charge is 0.504 e. The zero-order valence-corrected chi connectivity index (χ0v) is 12.1. The summed E-state index contributed by atoms with van der Waals surface area (Å²) in [7, 11) is 1.52. The summed E-state index contributed by atoms with van der Waals surface area (Å²) in [6.07, 6.45) is 2.17. The fourth-order valence-electron chi connectivity index (χ4n) is 2.06. The fraction of sp³-hybridized carbons (Fsp3) is 0.533. The van der Waals surface area contributed by atoms with E-state index in [4.69, 9.17) is 4.74 Å². The van der Waals surface area contributed by atoms with Crippen LogP contribution in [0.25, 0.3) is 0 Å². The Balaban J connectivity index is 1.96. The predicted molar refractivity (Wildman–Crippen MR) is 76.8 cm³/mol. The van der Waals surface area contributed by atoms with Gasteiger partial charge in [0.2, 0.25) is 5.91 Å². The highest BCUT2D eigenvalue weighted by Gasteiger charge is 2.26. The van der Waals surface area contributed by atoms with Gasteiger partial charge in [-0.25, -0.2) is 0 Å². The molecule has 1 fully saturated rings. The van der Waals surface area contributed by atoms with E-state index in [1.54, 1.807) is 12.1 Å². The molecule has 0 aromatic heterocycles. The average Bonchev–Trinajstić information content (AvgIpc) is 3.22. The molecular formula is C15H22N2O3. The summed E-state index contributed by atoms with van der Waals surface area (Å²) < 4.78 is 5.09. The Morgan fingerprint density at radius 3 is 2.70 bits per heavy atom. The van der Waals surface area contributed by atoms with Crippen molar-refractivity contribution in [2.45, 2.75) is 44.8 Å². The minimum Gasteiger partial charge on any atom is -0.504 e. The van der Waals surface area contributed by atoms with Crippen molar-refractivity contribution in [1.29, 1.82) is 0 Å². The Hall–Kier alpha value is -1.75. The van der Waals surface area contributed by atoms with E-state index < -0.39 is 0 Å². The van der Waals surface area contributed by atoms with Gasteiger partial charge in [0.15, 0.2) is 11.5 Å². The zero-order chi connectivity index (χ0) is 14.7. The number of phenols is 1. The van der Waals surface area contributed by atoms with Gasteiger partial charge in [-0.2, -0.15) is 0 Å². The van der Waals surface area contributed by atoms with Crippen LogP contribution >= 0.6 is 0 Å². The second kappa shape index (κ2) is 6.13. The number of hydrogen-bond donors (Lipinski definition) is 3. The molecule has 3 N–H and O–H groups in total. The maximum Gasteiger partial charge on any atom is 0.237 e. The van der Waals surface area contributed by atoms with Crippen LogP contribution in [0.3, 0.4) is 0 Å². The van der Waals surface area contributed by atoms with Crippen LogP contribution in [-0.2, 0) is 4.79 Å². The van der Waals surface area contributed by atoms with Crippen LogP contribution in [0.15, 0.2) is 18.2 Å².